The summed E-state index contributed by atoms with van der Waals surface area (Å²) in [7, 11) is 1.47. The lowest BCUT2D eigenvalue weighted by molar-refractivity contribution is -0.663. The van der Waals surface area contributed by atoms with Crippen LogP contribution >= 0.6 is 34.7 Å². The predicted octanol–water partition coefficient (Wildman–Crippen LogP) is 0.610. The number of pyridine rings is 1. The zero-order valence-corrected chi connectivity index (χ0v) is 27.1. The van der Waals surface area contributed by atoms with Crippen LogP contribution in [-0.4, -0.2) is 97.1 Å². The van der Waals surface area contributed by atoms with Crippen LogP contribution in [-0.2, 0) is 41.8 Å². The van der Waals surface area contributed by atoms with Gasteiger partial charge in [0.1, 0.15) is 39.3 Å². The minimum atomic E-state index is -1.42. The topological polar surface area (TPSA) is 232 Å². The summed E-state index contributed by atoms with van der Waals surface area (Å²) in [6.45, 7) is 1.90. The van der Waals surface area contributed by atoms with Gasteiger partial charge in [0.05, 0.1) is 6.54 Å². The first-order valence-corrected chi connectivity index (χ1v) is 16.1. The Kier molecular flexibility index (Phi) is 9.87. The molecular weight excluding hydrogens is 680 g/mol. The fourth-order valence-corrected chi connectivity index (χ4v) is 7.17. The lowest BCUT2D eigenvalue weighted by atomic mass is 10.0. The first kappa shape index (κ1) is 33.5. The maximum atomic E-state index is 13.4. The molecule has 5 rings (SSSR count). The minimum absolute atomic E-state index is 0.00874. The molecule has 5 heterocycles. The monoisotopic (exact) mass is 707 g/mol. The smallest absolute Gasteiger partial charge is 0.406 e. The Hall–Kier alpha value is -4.88. The van der Waals surface area contributed by atoms with Crippen LogP contribution in [0.1, 0.15) is 12.6 Å². The number of carbonyl (C=O) groups is 5. The Bertz CT molecular complexity index is 1840. The van der Waals surface area contributed by atoms with Gasteiger partial charge in [0.2, 0.25) is 11.6 Å². The van der Waals surface area contributed by atoms with Gasteiger partial charge in [-0.05, 0) is 13.0 Å². The number of nitrogens with one attached hydrogen (secondary N) is 2. The Labute approximate surface area is 278 Å². The number of aromatic nitrogens is 3. The van der Waals surface area contributed by atoms with Crippen LogP contribution in [0.5, 0.6) is 0 Å². The Morgan fingerprint density at radius 1 is 1.30 bits per heavy atom. The van der Waals surface area contributed by atoms with E-state index >= 15 is 0 Å². The summed E-state index contributed by atoms with van der Waals surface area (Å²) in [6.07, 6.45) is 1.66. The van der Waals surface area contributed by atoms with Crippen LogP contribution in [0.2, 0.25) is 4.34 Å². The SMILES string of the molecule is CNC(=O)OCCn1ccc2c1ccc[n+]2CC1=C(C(=O)O)N2C(=O)[C@@H](NC(=O)C(=NO[C@@H](C)C(=O)O)c3nc(N)sc3Cl)[C@H]2SC1. The second-order valence-electron chi connectivity index (χ2n) is 10.1. The zero-order valence-electron chi connectivity index (χ0n) is 24.7. The molecule has 2 aliphatic rings. The van der Waals surface area contributed by atoms with E-state index in [0.717, 1.165) is 27.3 Å². The summed E-state index contributed by atoms with van der Waals surface area (Å²) < 4.78 is 8.83. The molecule has 0 bridgehead atoms. The number of ether oxygens (including phenoxy) is 1. The summed E-state index contributed by atoms with van der Waals surface area (Å²) >= 11 is 8.28. The number of thioether (sulfide) groups is 1. The number of nitrogens with zero attached hydrogens (tertiary/aromatic N) is 5. The highest BCUT2D eigenvalue weighted by atomic mass is 35.5. The van der Waals surface area contributed by atoms with Crippen molar-refractivity contribution in [2.24, 2.45) is 5.16 Å². The molecular formula is C27H28ClN8O9S2+. The zero-order chi connectivity index (χ0) is 34.0. The highest BCUT2D eigenvalue weighted by Gasteiger charge is 2.55. The van der Waals surface area contributed by atoms with Gasteiger partial charge < -0.3 is 40.7 Å². The van der Waals surface area contributed by atoms with Crippen molar-refractivity contribution in [3.05, 3.63) is 51.9 Å². The molecule has 6 N–H and O–H groups in total. The molecule has 20 heteroatoms. The lowest BCUT2D eigenvalue weighted by Gasteiger charge is -2.49. The number of hydrogen-bond acceptors (Lipinski definition) is 12. The Morgan fingerprint density at radius 2 is 2.06 bits per heavy atom. The number of aliphatic carboxylic acids is 2. The molecule has 3 amide bonds. The number of nitrogens with two attached hydrogens (primary N) is 1. The minimum Gasteiger partial charge on any atom is -0.478 e. The van der Waals surface area contributed by atoms with E-state index in [0.29, 0.717) is 12.1 Å². The highest BCUT2D eigenvalue weighted by Crippen LogP contribution is 2.40. The van der Waals surface area contributed by atoms with Crippen molar-refractivity contribution in [3.8, 4) is 0 Å². The quantitative estimate of drug-likeness (QED) is 0.0754. The van der Waals surface area contributed by atoms with Gasteiger partial charge in [-0.15, -0.1) is 11.8 Å². The van der Waals surface area contributed by atoms with Crippen LogP contribution in [0, 0.1) is 0 Å². The number of anilines is 1. The Balaban J connectivity index is 1.35. The molecule has 0 aliphatic carbocycles. The summed E-state index contributed by atoms with van der Waals surface area (Å²) in [5, 5.41) is 27.1. The molecule has 17 nitrogen and oxygen atoms in total. The molecule has 3 aromatic heterocycles. The Morgan fingerprint density at radius 3 is 2.72 bits per heavy atom. The standard InChI is InChI=1S/C27H27ClN8O9S2/c1-12(24(39)40)45-33-17(16-20(28)47-26(29)32-16)21(37)31-18-22(38)36-19(25(41)42)13(11-46-23(18)36)10-35-6-3-4-14-15(35)5-7-34(14)8-9-44-27(43)30-2/h3-7,12,18,23H,8-11H2,1-2H3,(H5-,29,30,31,32,37,39,40,41,42,43)/p+1/t12-,18+,23+/m0/s1. The van der Waals surface area contributed by atoms with Crippen molar-refractivity contribution in [2.75, 3.05) is 25.1 Å². The normalized spacial score (nSPS) is 18.3. The van der Waals surface area contributed by atoms with Crippen LogP contribution in [0.15, 0.2) is 47.0 Å². The number of thiazole rings is 1. The fourth-order valence-electron chi connectivity index (χ4n) is 4.91. The van der Waals surface area contributed by atoms with Gasteiger partial charge in [-0.2, -0.15) is 4.57 Å². The van der Waals surface area contributed by atoms with E-state index in [-0.39, 0.29) is 39.8 Å². The van der Waals surface area contributed by atoms with E-state index in [2.05, 4.69) is 20.8 Å². The van der Waals surface area contributed by atoms with Crippen molar-refractivity contribution in [2.45, 2.75) is 37.5 Å². The summed E-state index contributed by atoms with van der Waals surface area (Å²) in [5.74, 6) is -4.03. The summed E-state index contributed by atoms with van der Waals surface area (Å²) in [4.78, 5) is 71.8. The molecule has 47 heavy (non-hydrogen) atoms. The third kappa shape index (κ3) is 6.81. The number of amides is 3. The van der Waals surface area contributed by atoms with Crippen molar-refractivity contribution in [1.29, 1.82) is 0 Å². The number of rotatable bonds is 12. The number of hydrogen-bond donors (Lipinski definition) is 5. The molecule has 3 atom stereocenters. The van der Waals surface area contributed by atoms with Gasteiger partial charge in [-0.3, -0.25) is 14.5 Å². The number of fused-ring (bicyclic) bond motifs is 2. The molecule has 1 saturated heterocycles. The molecule has 2 aliphatic heterocycles. The van der Waals surface area contributed by atoms with E-state index in [1.54, 1.807) is 12.3 Å². The maximum Gasteiger partial charge on any atom is 0.406 e. The number of carboxylic acid groups (broad SMARTS) is 2. The fraction of sp³-hybridized carbons (Fsp3) is 0.333. The maximum absolute atomic E-state index is 13.4. The highest BCUT2D eigenvalue weighted by molar-refractivity contribution is 8.00. The van der Waals surface area contributed by atoms with Gasteiger partial charge in [0, 0.05) is 36.7 Å². The molecule has 0 aromatic carbocycles. The van der Waals surface area contributed by atoms with E-state index in [9.17, 15) is 29.1 Å². The summed E-state index contributed by atoms with van der Waals surface area (Å²) in [6, 6.07) is 4.41. The predicted molar refractivity (Wildman–Crippen MR) is 168 cm³/mol. The molecule has 0 radical (unpaired) electrons. The van der Waals surface area contributed by atoms with E-state index in [1.165, 1.54) is 25.7 Å². The number of β-lactam (4-membered cyclic amide) rings is 1. The van der Waals surface area contributed by atoms with Crippen LogP contribution < -0.4 is 20.9 Å². The molecule has 1 fully saturated rings. The van der Waals surface area contributed by atoms with Crippen molar-refractivity contribution in [1.82, 2.24) is 25.1 Å². The second-order valence-corrected chi connectivity index (χ2v) is 12.9. The molecule has 248 valence electrons. The summed E-state index contributed by atoms with van der Waals surface area (Å²) in [5.41, 5.74) is 6.95. The lowest BCUT2D eigenvalue weighted by Crippen LogP contribution is -2.71. The van der Waals surface area contributed by atoms with Gasteiger partial charge >= 0.3 is 18.0 Å². The third-order valence-corrected chi connectivity index (χ3v) is 9.60. The number of halogens is 1. The second kappa shape index (κ2) is 13.9. The molecule has 3 aromatic rings. The van der Waals surface area contributed by atoms with Crippen molar-refractivity contribution < 1.29 is 48.3 Å². The van der Waals surface area contributed by atoms with Crippen LogP contribution in [0.25, 0.3) is 11.0 Å². The first-order chi connectivity index (χ1) is 22.4. The number of nitrogen functional groups attached to an aromatic ring is 1. The van der Waals surface area contributed by atoms with E-state index < -0.39 is 53.1 Å². The van der Waals surface area contributed by atoms with Gasteiger partial charge in [0.25, 0.3) is 11.8 Å². The number of alkyl carbamates (subject to hydrolysis) is 1. The van der Waals surface area contributed by atoms with Crippen molar-refractivity contribution >= 4 is 86.4 Å². The molecule has 0 unspecified atom stereocenters. The number of carboxylic acids is 2. The number of carbonyl (C=O) groups excluding carboxylic acids is 3. The largest absolute Gasteiger partial charge is 0.478 e. The third-order valence-electron chi connectivity index (χ3n) is 7.17. The first-order valence-electron chi connectivity index (χ1n) is 13.8. The van der Waals surface area contributed by atoms with Crippen molar-refractivity contribution in [3.63, 3.8) is 0 Å². The van der Waals surface area contributed by atoms with Crippen LogP contribution in [0.3, 0.4) is 0 Å². The van der Waals surface area contributed by atoms with Gasteiger partial charge in [-0.25, -0.2) is 19.4 Å². The molecule has 0 spiro atoms. The van der Waals surface area contributed by atoms with Gasteiger partial charge in [-0.1, -0.05) is 28.1 Å². The average Bonchev–Trinajstić information content (AvgIpc) is 3.61. The average molecular weight is 708 g/mol. The van der Waals surface area contributed by atoms with E-state index in [4.69, 9.17) is 32.0 Å². The molecule has 0 saturated carbocycles. The van der Waals surface area contributed by atoms with Crippen LogP contribution in [0.4, 0.5) is 9.93 Å². The van der Waals surface area contributed by atoms with Gasteiger partial charge in [0.15, 0.2) is 23.6 Å². The number of oxime groups is 1. The van der Waals surface area contributed by atoms with E-state index in [1.807, 2.05) is 27.5 Å².